The molecule has 0 amide bonds. The van der Waals surface area contributed by atoms with Gasteiger partial charge in [0.2, 0.25) is 10.4 Å². The summed E-state index contributed by atoms with van der Waals surface area (Å²) >= 11 is 0. The van der Waals surface area contributed by atoms with Crippen molar-refractivity contribution >= 4 is 10.4 Å². The maximum atomic E-state index is 9.52. The topological polar surface area (TPSA) is 66.4 Å². The quantitative estimate of drug-likeness (QED) is 0.178. The van der Waals surface area contributed by atoms with E-state index in [1.165, 1.54) is 0 Å². The molecule has 0 bridgehead atoms. The van der Waals surface area contributed by atoms with Gasteiger partial charge in [0.1, 0.15) is 6.61 Å². The van der Waals surface area contributed by atoms with Crippen LogP contribution in [0, 0.1) is 12.3 Å². The summed E-state index contributed by atoms with van der Waals surface area (Å²) in [5.74, 6) is 1.82. The average molecular weight is 158 g/mol. The number of hydrogen-bond acceptors (Lipinski definition) is 4. The van der Waals surface area contributed by atoms with Gasteiger partial charge in [-0.2, -0.15) is 0 Å². The second kappa shape index (κ2) is 5.23. The zero-order valence-corrected chi connectivity index (χ0v) is 7.64. The minimum atomic E-state index is -4.58. The third kappa shape index (κ3) is 11.8. The van der Waals surface area contributed by atoms with Gasteiger partial charge in [-0.1, -0.05) is 5.92 Å². The normalized spacial score (nSPS) is 9.33. The Labute approximate surface area is 75.8 Å². The molecule has 4 nitrogen and oxygen atoms in total. The Morgan fingerprint density at radius 1 is 1.67 bits per heavy atom. The summed E-state index contributed by atoms with van der Waals surface area (Å²) in [5.41, 5.74) is 0. The van der Waals surface area contributed by atoms with E-state index in [1.54, 1.807) is 0 Å². The molecule has 0 fully saturated rings. The molecule has 0 radical (unpaired) electrons. The fraction of sp³-hybridized carbons (Fsp3) is 0.333. The Balaban J connectivity index is 0. The first-order chi connectivity index (χ1) is 3.56. The van der Waals surface area contributed by atoms with Gasteiger partial charge < -0.3 is 4.55 Å². The smallest absolute Gasteiger partial charge is 0.725 e. The zero-order chi connectivity index (χ0) is 6.62. The first kappa shape index (κ1) is 12.1. The van der Waals surface area contributed by atoms with Crippen LogP contribution < -0.4 is 29.6 Å². The van der Waals surface area contributed by atoms with E-state index in [9.17, 15) is 13.0 Å². The van der Waals surface area contributed by atoms with Crippen LogP contribution in [-0.4, -0.2) is 19.6 Å². The monoisotopic (exact) mass is 158 g/mol. The van der Waals surface area contributed by atoms with Crippen LogP contribution in [0.5, 0.6) is 0 Å². The first-order valence-corrected chi connectivity index (χ1v) is 2.93. The van der Waals surface area contributed by atoms with E-state index in [4.69, 9.17) is 0 Å². The van der Waals surface area contributed by atoms with Crippen molar-refractivity contribution in [2.75, 3.05) is 6.61 Å². The molecule has 0 saturated carbocycles. The molecule has 0 rings (SSSR count). The average Bonchev–Trinajstić information content (AvgIpc) is 1.59. The Hall–Kier alpha value is 0.430. The van der Waals surface area contributed by atoms with Crippen LogP contribution in [0.25, 0.3) is 0 Å². The van der Waals surface area contributed by atoms with Crippen LogP contribution in [0.2, 0.25) is 0 Å². The van der Waals surface area contributed by atoms with Crippen molar-refractivity contribution in [1.29, 1.82) is 0 Å². The van der Waals surface area contributed by atoms with Gasteiger partial charge in [-0.05, 0) is 0 Å². The van der Waals surface area contributed by atoms with Gasteiger partial charge in [0.05, 0.1) is 0 Å². The third-order valence-corrected chi connectivity index (χ3v) is 0.693. The molecule has 0 N–H and O–H groups in total. The number of rotatable bonds is 2. The Morgan fingerprint density at radius 3 is 2.22 bits per heavy atom. The molecule has 0 aromatic heterocycles. The molecule has 0 atom stereocenters. The SMILES string of the molecule is C#CCOS(=O)(=O)[O-].[Na+]. The van der Waals surface area contributed by atoms with E-state index in [2.05, 4.69) is 10.6 Å². The standard InChI is InChI=1S/C3H4O4S.Na/c1-2-3-7-8(4,5)6;/h1H,3H2,(H,4,5,6);/q;+1/p-1. The fourth-order valence-corrected chi connectivity index (χ4v) is 0.319. The Morgan fingerprint density at radius 2 is 2.11 bits per heavy atom. The number of terminal acetylenes is 1. The molecule has 0 aromatic carbocycles. The predicted octanol–water partition coefficient (Wildman–Crippen LogP) is -3.90. The van der Waals surface area contributed by atoms with Gasteiger partial charge >= 0.3 is 29.6 Å². The van der Waals surface area contributed by atoms with Crippen molar-refractivity contribution in [3.8, 4) is 12.3 Å². The molecule has 0 aliphatic heterocycles. The maximum Gasteiger partial charge on any atom is 1.00 e. The van der Waals surface area contributed by atoms with Gasteiger partial charge in [0.15, 0.2) is 0 Å². The van der Waals surface area contributed by atoms with Gasteiger partial charge in [-0.15, -0.1) is 6.42 Å². The molecule has 0 aliphatic rings. The van der Waals surface area contributed by atoms with E-state index >= 15 is 0 Å². The first-order valence-electron chi connectivity index (χ1n) is 1.60. The van der Waals surface area contributed by atoms with E-state index in [0.717, 1.165) is 0 Å². The van der Waals surface area contributed by atoms with Crippen LogP contribution in [0.15, 0.2) is 0 Å². The van der Waals surface area contributed by atoms with Crippen molar-refractivity contribution in [3.05, 3.63) is 0 Å². The summed E-state index contributed by atoms with van der Waals surface area (Å²) in [6.07, 6.45) is 4.56. The largest absolute Gasteiger partial charge is 1.00 e. The van der Waals surface area contributed by atoms with Crippen LogP contribution in [0.4, 0.5) is 0 Å². The molecule has 9 heavy (non-hydrogen) atoms. The molecular weight excluding hydrogens is 155 g/mol. The minimum Gasteiger partial charge on any atom is -0.725 e. The van der Waals surface area contributed by atoms with E-state index < -0.39 is 17.0 Å². The maximum absolute atomic E-state index is 9.52. The fourth-order valence-electron chi connectivity index (χ4n) is 0.106. The molecule has 0 heterocycles. The van der Waals surface area contributed by atoms with Crippen LogP contribution in [0.1, 0.15) is 0 Å². The van der Waals surface area contributed by atoms with Crippen LogP contribution >= 0.6 is 0 Å². The molecule has 0 aromatic rings. The summed E-state index contributed by atoms with van der Waals surface area (Å²) in [6, 6.07) is 0. The van der Waals surface area contributed by atoms with Crippen LogP contribution in [0.3, 0.4) is 0 Å². The second-order valence-electron chi connectivity index (χ2n) is 0.875. The van der Waals surface area contributed by atoms with Crippen molar-refractivity contribution in [2.24, 2.45) is 0 Å². The van der Waals surface area contributed by atoms with Gasteiger partial charge in [0.25, 0.3) is 0 Å². The molecule has 0 saturated heterocycles. The summed E-state index contributed by atoms with van der Waals surface area (Å²) in [7, 11) is -4.58. The Kier molecular flexibility index (Phi) is 7.06. The minimum absolute atomic E-state index is 0. The van der Waals surface area contributed by atoms with Crippen LogP contribution in [-0.2, 0) is 14.6 Å². The number of hydrogen-bond donors (Lipinski definition) is 0. The van der Waals surface area contributed by atoms with E-state index in [0.29, 0.717) is 0 Å². The predicted molar refractivity (Wildman–Crippen MR) is 24.5 cm³/mol. The molecule has 0 unspecified atom stereocenters. The van der Waals surface area contributed by atoms with E-state index in [1.807, 2.05) is 5.92 Å². The van der Waals surface area contributed by atoms with Gasteiger partial charge in [-0.25, -0.2) is 8.42 Å². The Bertz CT molecular complexity index is 188. The van der Waals surface area contributed by atoms with E-state index in [-0.39, 0.29) is 29.6 Å². The summed E-state index contributed by atoms with van der Waals surface area (Å²) in [6.45, 7) is -0.494. The zero-order valence-electron chi connectivity index (χ0n) is 4.83. The molecule has 0 aliphatic carbocycles. The van der Waals surface area contributed by atoms with Gasteiger partial charge in [-0.3, -0.25) is 4.18 Å². The molecule has 6 heteroatoms. The van der Waals surface area contributed by atoms with Crippen molar-refractivity contribution < 1.29 is 46.7 Å². The summed E-state index contributed by atoms with van der Waals surface area (Å²) in [4.78, 5) is 0. The molecule has 0 spiro atoms. The van der Waals surface area contributed by atoms with Crippen molar-refractivity contribution in [1.82, 2.24) is 0 Å². The second-order valence-corrected chi connectivity index (χ2v) is 1.93. The summed E-state index contributed by atoms with van der Waals surface area (Å²) < 4.78 is 32.1. The summed E-state index contributed by atoms with van der Waals surface area (Å²) in [5, 5.41) is 0. The van der Waals surface area contributed by atoms with Crippen molar-refractivity contribution in [2.45, 2.75) is 0 Å². The molecule has 46 valence electrons. The molecular formula is C3H3NaO4S. The van der Waals surface area contributed by atoms with Crippen molar-refractivity contribution in [3.63, 3.8) is 0 Å². The van der Waals surface area contributed by atoms with Gasteiger partial charge in [0, 0.05) is 0 Å². The third-order valence-electron chi connectivity index (χ3n) is 0.287.